The fourth-order valence-corrected chi connectivity index (χ4v) is 4.64. The van der Waals surface area contributed by atoms with Crippen molar-refractivity contribution < 1.29 is 13.2 Å². The summed E-state index contributed by atoms with van der Waals surface area (Å²) in [6, 6.07) is -0.508. The molecule has 0 spiro atoms. The lowest BCUT2D eigenvalue weighted by atomic mass is 10.2. The third-order valence-electron chi connectivity index (χ3n) is 4.16. The second kappa shape index (κ2) is 5.28. The first-order chi connectivity index (χ1) is 9.96. The Morgan fingerprint density at radius 2 is 2.29 bits per heavy atom. The minimum Gasteiger partial charge on any atom is -0.331 e. The van der Waals surface area contributed by atoms with Gasteiger partial charge in [0, 0.05) is 26.1 Å². The van der Waals surface area contributed by atoms with E-state index in [4.69, 9.17) is 0 Å². The first-order valence-electron chi connectivity index (χ1n) is 7.08. The Kier molecular flexibility index (Phi) is 3.60. The standard InChI is InChI=1S/C12H19N5O3S/c1-16(9-4-6-21(19,20)8-9)12(18)13-7-11-15-14-10-3-2-5-17(10)11/h9H,2-8H2,1H3,(H,13,18). The zero-order valence-electron chi connectivity index (χ0n) is 11.9. The SMILES string of the molecule is CN(C(=O)NCc1nnc2n1CCC2)C1CCS(=O)(=O)C1. The molecule has 1 unspecified atom stereocenters. The molecule has 0 radical (unpaired) electrons. The normalized spacial score (nSPS) is 23.0. The number of carbonyl (C=O) groups excluding carboxylic acids is 1. The molecule has 0 saturated carbocycles. The molecule has 1 N–H and O–H groups in total. The number of hydrogen-bond donors (Lipinski definition) is 1. The zero-order valence-corrected chi connectivity index (χ0v) is 12.8. The highest BCUT2D eigenvalue weighted by Crippen LogP contribution is 2.17. The minimum absolute atomic E-state index is 0.0528. The Morgan fingerprint density at radius 1 is 1.48 bits per heavy atom. The molecule has 0 aliphatic carbocycles. The van der Waals surface area contributed by atoms with Gasteiger partial charge in [0.05, 0.1) is 18.1 Å². The third-order valence-corrected chi connectivity index (χ3v) is 5.91. The van der Waals surface area contributed by atoms with Gasteiger partial charge in [0.2, 0.25) is 0 Å². The number of nitrogens with zero attached hydrogens (tertiary/aromatic N) is 4. The summed E-state index contributed by atoms with van der Waals surface area (Å²) < 4.78 is 24.9. The smallest absolute Gasteiger partial charge is 0.317 e. The van der Waals surface area contributed by atoms with Crippen molar-refractivity contribution in [3.63, 3.8) is 0 Å². The number of fused-ring (bicyclic) bond motifs is 1. The third kappa shape index (κ3) is 2.87. The lowest BCUT2D eigenvalue weighted by molar-refractivity contribution is 0.194. The van der Waals surface area contributed by atoms with Crippen LogP contribution in [0.4, 0.5) is 4.79 Å². The van der Waals surface area contributed by atoms with E-state index in [2.05, 4.69) is 15.5 Å². The van der Waals surface area contributed by atoms with Crippen molar-refractivity contribution >= 4 is 15.9 Å². The van der Waals surface area contributed by atoms with Crippen molar-refractivity contribution in [3.05, 3.63) is 11.6 Å². The van der Waals surface area contributed by atoms with E-state index in [1.54, 1.807) is 7.05 Å². The summed E-state index contributed by atoms with van der Waals surface area (Å²) >= 11 is 0. The van der Waals surface area contributed by atoms with Crippen LogP contribution in [-0.4, -0.2) is 58.7 Å². The average molecular weight is 313 g/mol. The molecule has 1 atom stereocenters. The predicted octanol–water partition coefficient (Wildman–Crippen LogP) is -0.447. The van der Waals surface area contributed by atoms with Gasteiger partial charge in [-0.25, -0.2) is 13.2 Å². The molecule has 116 valence electrons. The Labute approximate surface area is 123 Å². The largest absolute Gasteiger partial charge is 0.331 e. The molecule has 1 aromatic rings. The molecule has 2 aliphatic heterocycles. The zero-order chi connectivity index (χ0) is 15.0. The Balaban J connectivity index is 1.56. The van der Waals surface area contributed by atoms with Gasteiger partial charge in [-0.05, 0) is 12.8 Å². The molecule has 3 rings (SSSR count). The summed E-state index contributed by atoms with van der Waals surface area (Å²) in [4.78, 5) is 13.6. The van der Waals surface area contributed by atoms with E-state index in [-0.39, 0.29) is 23.6 Å². The molecule has 1 fully saturated rings. The summed E-state index contributed by atoms with van der Waals surface area (Å²) in [5.41, 5.74) is 0. The van der Waals surface area contributed by atoms with Crippen LogP contribution in [0.25, 0.3) is 0 Å². The number of amides is 2. The molecule has 8 nitrogen and oxygen atoms in total. The molecule has 21 heavy (non-hydrogen) atoms. The van der Waals surface area contributed by atoms with Crippen LogP contribution in [0.1, 0.15) is 24.5 Å². The van der Waals surface area contributed by atoms with E-state index >= 15 is 0 Å². The van der Waals surface area contributed by atoms with E-state index in [1.165, 1.54) is 4.90 Å². The van der Waals surface area contributed by atoms with E-state index in [9.17, 15) is 13.2 Å². The number of nitrogens with one attached hydrogen (secondary N) is 1. The van der Waals surface area contributed by atoms with Crippen LogP contribution in [0.3, 0.4) is 0 Å². The lowest BCUT2D eigenvalue weighted by Crippen LogP contribution is -2.44. The van der Waals surface area contributed by atoms with Crippen LogP contribution in [0, 0.1) is 0 Å². The molecular weight excluding hydrogens is 294 g/mol. The summed E-state index contributed by atoms with van der Waals surface area (Å²) in [5, 5.41) is 10.9. The van der Waals surface area contributed by atoms with E-state index in [0.29, 0.717) is 13.0 Å². The maximum Gasteiger partial charge on any atom is 0.317 e. The summed E-state index contributed by atoms with van der Waals surface area (Å²) in [5.74, 6) is 1.93. The summed E-state index contributed by atoms with van der Waals surface area (Å²) in [6.07, 6.45) is 2.50. The van der Waals surface area contributed by atoms with Crippen molar-refractivity contribution in [1.82, 2.24) is 25.0 Å². The molecule has 1 saturated heterocycles. The van der Waals surface area contributed by atoms with Gasteiger partial charge in [-0.15, -0.1) is 10.2 Å². The first-order valence-corrected chi connectivity index (χ1v) is 8.90. The number of urea groups is 1. The van der Waals surface area contributed by atoms with E-state index in [0.717, 1.165) is 31.0 Å². The summed E-state index contributed by atoms with van der Waals surface area (Å²) in [7, 11) is -1.35. The average Bonchev–Trinajstić information content (AvgIpc) is 3.10. The van der Waals surface area contributed by atoms with Crippen LogP contribution in [0.15, 0.2) is 0 Å². The van der Waals surface area contributed by atoms with Crippen molar-refractivity contribution in [2.75, 3.05) is 18.6 Å². The van der Waals surface area contributed by atoms with E-state index < -0.39 is 9.84 Å². The van der Waals surface area contributed by atoms with Gasteiger partial charge in [0.25, 0.3) is 0 Å². The highest BCUT2D eigenvalue weighted by Gasteiger charge is 2.32. The van der Waals surface area contributed by atoms with Gasteiger partial charge < -0.3 is 14.8 Å². The van der Waals surface area contributed by atoms with E-state index in [1.807, 2.05) is 4.57 Å². The van der Waals surface area contributed by atoms with Gasteiger partial charge >= 0.3 is 6.03 Å². The first kappa shape index (κ1) is 14.3. The van der Waals surface area contributed by atoms with Crippen LogP contribution in [0.2, 0.25) is 0 Å². The summed E-state index contributed by atoms with van der Waals surface area (Å²) in [6.45, 7) is 1.21. The van der Waals surface area contributed by atoms with Crippen LogP contribution in [0.5, 0.6) is 0 Å². The fraction of sp³-hybridized carbons (Fsp3) is 0.750. The topological polar surface area (TPSA) is 97.2 Å². The monoisotopic (exact) mass is 313 g/mol. The Bertz CT molecular complexity index is 654. The van der Waals surface area contributed by atoms with Crippen molar-refractivity contribution in [2.45, 2.75) is 38.4 Å². The molecule has 3 heterocycles. The van der Waals surface area contributed by atoms with Crippen LogP contribution in [-0.2, 0) is 29.3 Å². The molecule has 0 aromatic carbocycles. The lowest BCUT2D eigenvalue weighted by Gasteiger charge is -2.23. The van der Waals surface area contributed by atoms with Gasteiger partial charge in [0.1, 0.15) is 5.82 Å². The van der Waals surface area contributed by atoms with Gasteiger partial charge in [-0.2, -0.15) is 0 Å². The Morgan fingerprint density at radius 3 is 3.00 bits per heavy atom. The van der Waals surface area contributed by atoms with Crippen molar-refractivity contribution in [2.24, 2.45) is 0 Å². The Hall–Kier alpha value is -1.64. The highest BCUT2D eigenvalue weighted by atomic mass is 32.2. The molecular formula is C12H19N5O3S. The van der Waals surface area contributed by atoms with Crippen LogP contribution < -0.4 is 5.32 Å². The van der Waals surface area contributed by atoms with Crippen LogP contribution >= 0.6 is 0 Å². The van der Waals surface area contributed by atoms with Gasteiger partial charge in [0.15, 0.2) is 15.7 Å². The van der Waals surface area contributed by atoms with Crippen molar-refractivity contribution in [1.29, 1.82) is 0 Å². The number of hydrogen-bond acceptors (Lipinski definition) is 5. The maximum absolute atomic E-state index is 12.1. The minimum atomic E-state index is -2.99. The second-order valence-corrected chi connectivity index (χ2v) is 7.84. The van der Waals surface area contributed by atoms with Crippen molar-refractivity contribution in [3.8, 4) is 0 Å². The molecule has 1 aromatic heterocycles. The molecule has 9 heteroatoms. The second-order valence-electron chi connectivity index (χ2n) is 5.61. The quantitative estimate of drug-likeness (QED) is 0.815. The predicted molar refractivity (Wildman–Crippen MR) is 75.4 cm³/mol. The fourth-order valence-electron chi connectivity index (χ4n) is 2.87. The molecule has 2 amide bonds. The number of sulfone groups is 1. The number of carbonyl (C=O) groups is 1. The number of aryl methyl sites for hydroxylation is 1. The van der Waals surface area contributed by atoms with Gasteiger partial charge in [-0.1, -0.05) is 0 Å². The molecule has 2 aliphatic rings. The maximum atomic E-state index is 12.1. The highest BCUT2D eigenvalue weighted by molar-refractivity contribution is 7.91. The number of rotatable bonds is 3. The number of aromatic nitrogens is 3. The molecule has 0 bridgehead atoms. The van der Waals surface area contributed by atoms with Gasteiger partial charge in [-0.3, -0.25) is 0 Å².